The summed E-state index contributed by atoms with van der Waals surface area (Å²) >= 11 is 0. The van der Waals surface area contributed by atoms with Crippen LogP contribution in [0.3, 0.4) is 0 Å². The molecular formula is C31H35NO2. The van der Waals surface area contributed by atoms with Crippen LogP contribution in [0, 0.1) is 11.3 Å². The molecule has 0 spiro atoms. The topological polar surface area (TPSA) is 61.1 Å². The van der Waals surface area contributed by atoms with Crippen LogP contribution in [0.4, 0.5) is 0 Å². The summed E-state index contributed by atoms with van der Waals surface area (Å²) < 4.78 is 0. The van der Waals surface area contributed by atoms with E-state index in [1.165, 1.54) is 49.7 Å². The van der Waals surface area contributed by atoms with Crippen LogP contribution >= 0.6 is 0 Å². The number of aryl methyl sites for hydroxylation is 1. The standard InChI is InChI=1S/C18H26O2.C13H9N/c1-2-3-5-9-15-12-8-13-16(18(19)20)17(15)14-10-6-4-7-11-14;14-10-11-6-8-13(9-7-11)12-4-2-1-3-5-12/h8,12-14H,2-7,9-11H2,1H3,(H,19,20);1-9H. The quantitative estimate of drug-likeness (QED) is 0.365. The molecule has 0 saturated heterocycles. The van der Waals surface area contributed by atoms with Crippen molar-refractivity contribution >= 4 is 5.97 Å². The molecule has 176 valence electrons. The minimum atomic E-state index is -0.761. The van der Waals surface area contributed by atoms with Gasteiger partial charge in [-0.15, -0.1) is 0 Å². The molecule has 3 nitrogen and oxygen atoms in total. The number of rotatable bonds is 7. The molecule has 1 saturated carbocycles. The van der Waals surface area contributed by atoms with Gasteiger partial charge in [0.2, 0.25) is 0 Å². The number of nitrogens with zero attached hydrogens (tertiary/aromatic N) is 1. The van der Waals surface area contributed by atoms with Crippen molar-refractivity contribution in [3.63, 3.8) is 0 Å². The molecule has 0 aliphatic heterocycles. The van der Waals surface area contributed by atoms with Gasteiger partial charge in [0, 0.05) is 0 Å². The lowest BCUT2D eigenvalue weighted by Gasteiger charge is -2.26. The van der Waals surface area contributed by atoms with E-state index < -0.39 is 5.97 Å². The molecule has 3 heteroatoms. The Morgan fingerprint density at radius 3 is 2.18 bits per heavy atom. The van der Waals surface area contributed by atoms with Crippen molar-refractivity contribution in [2.75, 3.05) is 0 Å². The van der Waals surface area contributed by atoms with E-state index in [0.29, 0.717) is 17.0 Å². The lowest BCUT2D eigenvalue weighted by molar-refractivity contribution is 0.0694. The van der Waals surface area contributed by atoms with Gasteiger partial charge in [-0.3, -0.25) is 0 Å². The van der Waals surface area contributed by atoms with Crippen molar-refractivity contribution in [3.8, 4) is 17.2 Å². The molecule has 0 atom stereocenters. The lowest BCUT2D eigenvalue weighted by atomic mass is 9.79. The summed E-state index contributed by atoms with van der Waals surface area (Å²) in [5.74, 6) is -0.296. The Morgan fingerprint density at radius 1 is 0.882 bits per heavy atom. The first kappa shape index (κ1) is 25.2. The van der Waals surface area contributed by atoms with E-state index in [-0.39, 0.29) is 0 Å². The molecule has 0 unspecified atom stereocenters. The molecule has 4 rings (SSSR count). The maximum absolute atomic E-state index is 11.5. The highest BCUT2D eigenvalue weighted by Gasteiger charge is 2.23. The van der Waals surface area contributed by atoms with E-state index in [2.05, 4.69) is 31.2 Å². The highest BCUT2D eigenvalue weighted by molar-refractivity contribution is 5.90. The predicted molar refractivity (Wildman–Crippen MR) is 139 cm³/mol. The van der Waals surface area contributed by atoms with Gasteiger partial charge in [-0.25, -0.2) is 4.79 Å². The van der Waals surface area contributed by atoms with Gasteiger partial charge in [-0.2, -0.15) is 5.26 Å². The van der Waals surface area contributed by atoms with Gasteiger partial charge in [-0.05, 0) is 72.1 Å². The molecule has 1 aliphatic carbocycles. The number of hydrogen-bond acceptors (Lipinski definition) is 2. The fourth-order valence-corrected chi connectivity index (χ4v) is 4.82. The summed E-state index contributed by atoms with van der Waals surface area (Å²) in [6.07, 6.45) is 10.7. The van der Waals surface area contributed by atoms with Crippen LogP contribution < -0.4 is 0 Å². The van der Waals surface area contributed by atoms with E-state index in [1.807, 2.05) is 48.5 Å². The van der Waals surface area contributed by atoms with Crippen LogP contribution in [-0.2, 0) is 6.42 Å². The number of nitriles is 1. The number of aromatic carboxylic acids is 1. The van der Waals surface area contributed by atoms with E-state index in [9.17, 15) is 9.90 Å². The van der Waals surface area contributed by atoms with Crippen molar-refractivity contribution in [1.82, 2.24) is 0 Å². The molecule has 1 aliphatic rings. The smallest absolute Gasteiger partial charge is 0.335 e. The van der Waals surface area contributed by atoms with Crippen LogP contribution in [0.15, 0.2) is 72.8 Å². The van der Waals surface area contributed by atoms with Crippen LogP contribution in [0.5, 0.6) is 0 Å². The van der Waals surface area contributed by atoms with Gasteiger partial charge in [-0.1, -0.05) is 93.6 Å². The normalized spacial score (nSPS) is 13.4. The van der Waals surface area contributed by atoms with Gasteiger partial charge in [0.1, 0.15) is 0 Å². The second kappa shape index (κ2) is 13.4. The molecule has 0 amide bonds. The molecule has 0 bridgehead atoms. The highest BCUT2D eigenvalue weighted by atomic mass is 16.4. The van der Waals surface area contributed by atoms with E-state index in [1.54, 1.807) is 6.07 Å². The molecular weight excluding hydrogens is 418 g/mol. The zero-order valence-corrected chi connectivity index (χ0v) is 20.2. The Hall–Kier alpha value is -3.38. The predicted octanol–water partition coefficient (Wildman–Crippen LogP) is 8.39. The van der Waals surface area contributed by atoms with Crippen molar-refractivity contribution in [3.05, 3.63) is 95.1 Å². The third-order valence-electron chi connectivity index (χ3n) is 6.61. The second-order valence-electron chi connectivity index (χ2n) is 9.03. The van der Waals surface area contributed by atoms with Crippen LogP contribution in [0.2, 0.25) is 0 Å². The van der Waals surface area contributed by atoms with Crippen LogP contribution in [0.25, 0.3) is 11.1 Å². The number of benzene rings is 3. The lowest BCUT2D eigenvalue weighted by Crippen LogP contribution is -2.13. The minimum Gasteiger partial charge on any atom is -0.478 e. The van der Waals surface area contributed by atoms with Crippen molar-refractivity contribution in [2.24, 2.45) is 0 Å². The third kappa shape index (κ3) is 7.06. The van der Waals surface area contributed by atoms with Gasteiger partial charge in [0.25, 0.3) is 0 Å². The van der Waals surface area contributed by atoms with Crippen molar-refractivity contribution in [1.29, 1.82) is 5.26 Å². The van der Waals surface area contributed by atoms with Gasteiger partial charge in [0.05, 0.1) is 17.2 Å². The first-order valence-corrected chi connectivity index (χ1v) is 12.5. The summed E-state index contributed by atoms with van der Waals surface area (Å²) in [6, 6.07) is 25.7. The number of carboxylic acid groups (broad SMARTS) is 1. The maximum Gasteiger partial charge on any atom is 0.335 e. The zero-order chi connectivity index (χ0) is 24.2. The summed E-state index contributed by atoms with van der Waals surface area (Å²) in [5, 5.41) is 18.1. The van der Waals surface area contributed by atoms with E-state index in [0.717, 1.165) is 30.4 Å². The molecule has 34 heavy (non-hydrogen) atoms. The first-order chi connectivity index (χ1) is 16.6. The largest absolute Gasteiger partial charge is 0.478 e. The van der Waals surface area contributed by atoms with Crippen molar-refractivity contribution in [2.45, 2.75) is 70.6 Å². The van der Waals surface area contributed by atoms with Crippen LogP contribution in [-0.4, -0.2) is 11.1 Å². The Balaban J connectivity index is 0.000000202. The van der Waals surface area contributed by atoms with Gasteiger partial charge in [0.15, 0.2) is 0 Å². The van der Waals surface area contributed by atoms with E-state index >= 15 is 0 Å². The summed E-state index contributed by atoms with van der Waals surface area (Å²) in [6.45, 7) is 2.20. The maximum atomic E-state index is 11.5. The van der Waals surface area contributed by atoms with Gasteiger partial charge < -0.3 is 5.11 Å². The molecule has 3 aromatic rings. The Kier molecular flexibility index (Phi) is 9.92. The van der Waals surface area contributed by atoms with Crippen molar-refractivity contribution < 1.29 is 9.90 Å². The minimum absolute atomic E-state index is 0.465. The summed E-state index contributed by atoms with van der Waals surface area (Å²) in [4.78, 5) is 11.5. The Bertz CT molecular complexity index is 1070. The highest BCUT2D eigenvalue weighted by Crippen LogP contribution is 2.37. The molecule has 1 fully saturated rings. The Labute approximate surface area is 204 Å². The fourth-order valence-electron chi connectivity index (χ4n) is 4.82. The average Bonchev–Trinajstić information content (AvgIpc) is 2.90. The van der Waals surface area contributed by atoms with Gasteiger partial charge >= 0.3 is 5.97 Å². The SMILES string of the molecule is CCCCCc1cccc(C(=O)O)c1C1CCCCC1.N#Cc1ccc(-c2ccccc2)cc1. The monoisotopic (exact) mass is 453 g/mol. The zero-order valence-electron chi connectivity index (χ0n) is 20.2. The fraction of sp³-hybridized carbons (Fsp3) is 0.355. The molecule has 3 aromatic carbocycles. The number of carbonyl (C=O) groups is 1. The number of unbranched alkanes of at least 4 members (excludes halogenated alkanes) is 2. The number of hydrogen-bond donors (Lipinski definition) is 1. The van der Waals surface area contributed by atoms with Crippen LogP contribution in [0.1, 0.15) is 91.3 Å². The first-order valence-electron chi connectivity index (χ1n) is 12.5. The van der Waals surface area contributed by atoms with E-state index in [4.69, 9.17) is 5.26 Å². The molecule has 0 heterocycles. The summed E-state index contributed by atoms with van der Waals surface area (Å²) in [5.41, 5.74) is 6.00. The third-order valence-corrected chi connectivity index (χ3v) is 6.61. The average molecular weight is 454 g/mol. The molecule has 0 radical (unpaired) electrons. The molecule has 0 aromatic heterocycles. The Morgan fingerprint density at radius 2 is 1.56 bits per heavy atom. The second-order valence-corrected chi connectivity index (χ2v) is 9.03. The molecule has 1 N–H and O–H groups in total. The number of carboxylic acids is 1. The summed E-state index contributed by atoms with van der Waals surface area (Å²) in [7, 11) is 0.